The second-order valence-corrected chi connectivity index (χ2v) is 4.80. The minimum Gasteiger partial charge on any atom is -0.461 e. The molecule has 0 fully saturated rings. The number of thioether (sulfide) groups is 1. The van der Waals surface area contributed by atoms with Crippen LogP contribution >= 0.6 is 11.8 Å². The molecule has 0 radical (unpaired) electrons. The Morgan fingerprint density at radius 2 is 2.05 bits per heavy atom. The van der Waals surface area contributed by atoms with E-state index < -0.39 is 0 Å². The second kappa shape index (κ2) is 5.27. The van der Waals surface area contributed by atoms with Gasteiger partial charge in [-0.05, 0) is 29.8 Å². The first-order chi connectivity index (χ1) is 9.31. The number of benzene rings is 1. The summed E-state index contributed by atoms with van der Waals surface area (Å²) in [5, 5.41) is 7.55. The van der Waals surface area contributed by atoms with Gasteiger partial charge in [0.2, 0.25) is 5.16 Å². The number of aromatic amines is 1. The van der Waals surface area contributed by atoms with Crippen molar-refractivity contribution in [3.8, 4) is 11.6 Å². The van der Waals surface area contributed by atoms with Gasteiger partial charge in [-0.2, -0.15) is 4.98 Å². The molecule has 19 heavy (non-hydrogen) atoms. The summed E-state index contributed by atoms with van der Waals surface area (Å²) in [6.07, 6.45) is 1.59. The van der Waals surface area contributed by atoms with E-state index in [-0.39, 0.29) is 5.82 Å². The fourth-order valence-electron chi connectivity index (χ4n) is 1.56. The van der Waals surface area contributed by atoms with Gasteiger partial charge in [-0.3, -0.25) is 5.10 Å². The Bertz CT molecular complexity index is 649. The van der Waals surface area contributed by atoms with Crippen molar-refractivity contribution in [3.05, 3.63) is 54.0 Å². The number of hydrogen-bond donors (Lipinski definition) is 1. The molecule has 0 unspecified atom stereocenters. The molecule has 1 N–H and O–H groups in total. The fourth-order valence-corrected chi connectivity index (χ4v) is 2.32. The molecule has 0 atom stereocenters. The van der Waals surface area contributed by atoms with Gasteiger partial charge in [-0.1, -0.05) is 23.9 Å². The maximum absolute atomic E-state index is 12.8. The van der Waals surface area contributed by atoms with Crippen molar-refractivity contribution >= 4 is 11.8 Å². The van der Waals surface area contributed by atoms with Crippen LogP contribution in [-0.4, -0.2) is 15.2 Å². The van der Waals surface area contributed by atoms with Gasteiger partial charge in [0, 0.05) is 5.75 Å². The summed E-state index contributed by atoms with van der Waals surface area (Å²) < 4.78 is 18.0. The Morgan fingerprint density at radius 1 is 1.21 bits per heavy atom. The molecule has 0 saturated carbocycles. The van der Waals surface area contributed by atoms with Crippen molar-refractivity contribution in [3.63, 3.8) is 0 Å². The van der Waals surface area contributed by atoms with Gasteiger partial charge in [-0.15, -0.1) is 5.10 Å². The molecule has 2 heterocycles. The van der Waals surface area contributed by atoms with Crippen molar-refractivity contribution in [1.29, 1.82) is 0 Å². The molecule has 3 aromatic rings. The number of rotatable bonds is 4. The number of hydrogen-bond acceptors (Lipinski definition) is 4. The molecule has 0 aliphatic carbocycles. The van der Waals surface area contributed by atoms with E-state index in [0.717, 1.165) is 5.56 Å². The summed E-state index contributed by atoms with van der Waals surface area (Å²) >= 11 is 1.48. The quantitative estimate of drug-likeness (QED) is 0.740. The van der Waals surface area contributed by atoms with Gasteiger partial charge in [0.15, 0.2) is 11.6 Å². The Labute approximate surface area is 113 Å². The zero-order valence-electron chi connectivity index (χ0n) is 9.84. The standard InChI is InChI=1S/C13H10FN3OS/c14-10-5-3-9(4-6-10)8-19-13-15-12(16-17-13)11-2-1-7-18-11/h1-7H,8H2,(H,15,16,17). The molecular formula is C13H10FN3OS. The van der Waals surface area contributed by atoms with Gasteiger partial charge in [0.1, 0.15) is 5.82 Å². The summed E-state index contributed by atoms with van der Waals surface area (Å²) in [5.41, 5.74) is 1.02. The van der Waals surface area contributed by atoms with Crippen molar-refractivity contribution in [2.75, 3.05) is 0 Å². The first kappa shape index (κ1) is 12.0. The number of halogens is 1. The summed E-state index contributed by atoms with van der Waals surface area (Å²) in [5.74, 6) is 1.72. The summed E-state index contributed by atoms with van der Waals surface area (Å²) in [6, 6.07) is 10.0. The molecule has 0 saturated heterocycles. The zero-order chi connectivity index (χ0) is 13.1. The molecule has 1 aromatic carbocycles. The fraction of sp³-hybridized carbons (Fsp3) is 0.0769. The SMILES string of the molecule is Fc1ccc(CSc2n[nH]c(-c3ccco3)n2)cc1. The summed E-state index contributed by atoms with van der Waals surface area (Å²) in [4.78, 5) is 4.31. The maximum atomic E-state index is 12.8. The van der Waals surface area contributed by atoms with Gasteiger partial charge >= 0.3 is 0 Å². The minimum atomic E-state index is -0.230. The average molecular weight is 275 g/mol. The topological polar surface area (TPSA) is 54.7 Å². The van der Waals surface area contributed by atoms with E-state index in [9.17, 15) is 4.39 Å². The van der Waals surface area contributed by atoms with E-state index in [1.165, 1.54) is 23.9 Å². The van der Waals surface area contributed by atoms with Crippen LogP contribution in [-0.2, 0) is 5.75 Å². The second-order valence-electron chi connectivity index (χ2n) is 3.86. The molecule has 3 rings (SSSR count). The van der Waals surface area contributed by atoms with Gasteiger partial charge < -0.3 is 4.42 Å². The molecule has 0 bridgehead atoms. The van der Waals surface area contributed by atoms with Crippen LogP contribution in [0.1, 0.15) is 5.56 Å². The van der Waals surface area contributed by atoms with Crippen LogP contribution in [0.3, 0.4) is 0 Å². The van der Waals surface area contributed by atoms with E-state index in [4.69, 9.17) is 4.42 Å². The highest BCUT2D eigenvalue weighted by Gasteiger charge is 2.08. The van der Waals surface area contributed by atoms with Crippen LogP contribution in [0.15, 0.2) is 52.2 Å². The maximum Gasteiger partial charge on any atom is 0.209 e. The number of nitrogens with zero attached hydrogens (tertiary/aromatic N) is 2. The lowest BCUT2D eigenvalue weighted by molar-refractivity contribution is 0.577. The van der Waals surface area contributed by atoms with Crippen LogP contribution < -0.4 is 0 Å². The summed E-state index contributed by atoms with van der Waals surface area (Å²) in [7, 11) is 0. The molecule has 0 aliphatic heterocycles. The first-order valence-corrected chi connectivity index (χ1v) is 6.63. The Kier molecular flexibility index (Phi) is 3.33. The number of furan rings is 1. The van der Waals surface area contributed by atoms with Crippen molar-refractivity contribution in [2.45, 2.75) is 10.9 Å². The normalized spacial score (nSPS) is 10.8. The molecule has 0 spiro atoms. The van der Waals surface area contributed by atoms with Gasteiger partial charge in [0.25, 0.3) is 0 Å². The van der Waals surface area contributed by atoms with Crippen LogP contribution in [0.2, 0.25) is 0 Å². The largest absolute Gasteiger partial charge is 0.461 e. The first-order valence-electron chi connectivity index (χ1n) is 5.65. The predicted octanol–water partition coefficient (Wildman–Crippen LogP) is 3.50. The predicted molar refractivity (Wildman–Crippen MR) is 70.0 cm³/mol. The van der Waals surface area contributed by atoms with Crippen LogP contribution in [0.5, 0.6) is 0 Å². The lowest BCUT2D eigenvalue weighted by Crippen LogP contribution is -1.82. The van der Waals surface area contributed by atoms with E-state index in [2.05, 4.69) is 15.2 Å². The third kappa shape index (κ3) is 2.85. The van der Waals surface area contributed by atoms with Crippen molar-refractivity contribution in [1.82, 2.24) is 15.2 Å². The lowest BCUT2D eigenvalue weighted by Gasteiger charge is -1.97. The van der Waals surface area contributed by atoms with E-state index in [1.54, 1.807) is 24.5 Å². The molecule has 6 heteroatoms. The Balaban J connectivity index is 1.66. The average Bonchev–Trinajstić information content (AvgIpc) is 3.09. The molecule has 4 nitrogen and oxygen atoms in total. The molecule has 0 aliphatic rings. The van der Waals surface area contributed by atoms with Gasteiger partial charge in [-0.25, -0.2) is 4.39 Å². The zero-order valence-corrected chi connectivity index (χ0v) is 10.7. The molecular weight excluding hydrogens is 265 g/mol. The monoisotopic (exact) mass is 275 g/mol. The van der Waals surface area contributed by atoms with E-state index in [0.29, 0.717) is 22.5 Å². The van der Waals surface area contributed by atoms with Crippen LogP contribution in [0.4, 0.5) is 4.39 Å². The third-order valence-electron chi connectivity index (χ3n) is 2.50. The number of aromatic nitrogens is 3. The van der Waals surface area contributed by atoms with Crippen molar-refractivity contribution < 1.29 is 8.81 Å². The number of nitrogens with one attached hydrogen (secondary N) is 1. The highest BCUT2D eigenvalue weighted by atomic mass is 32.2. The number of H-pyrrole nitrogens is 1. The molecule has 96 valence electrons. The highest BCUT2D eigenvalue weighted by Crippen LogP contribution is 2.22. The van der Waals surface area contributed by atoms with Crippen LogP contribution in [0, 0.1) is 5.82 Å². The Hall–Kier alpha value is -2.08. The van der Waals surface area contributed by atoms with Gasteiger partial charge in [0.05, 0.1) is 6.26 Å². The van der Waals surface area contributed by atoms with Crippen molar-refractivity contribution in [2.24, 2.45) is 0 Å². The van der Waals surface area contributed by atoms with E-state index in [1.807, 2.05) is 6.07 Å². The molecule has 2 aromatic heterocycles. The third-order valence-corrected chi connectivity index (χ3v) is 3.42. The van der Waals surface area contributed by atoms with E-state index >= 15 is 0 Å². The summed E-state index contributed by atoms with van der Waals surface area (Å²) in [6.45, 7) is 0. The highest BCUT2D eigenvalue weighted by molar-refractivity contribution is 7.98. The smallest absolute Gasteiger partial charge is 0.209 e. The van der Waals surface area contributed by atoms with Crippen LogP contribution in [0.25, 0.3) is 11.6 Å². The minimum absolute atomic E-state index is 0.230. The Morgan fingerprint density at radius 3 is 2.79 bits per heavy atom. The lowest BCUT2D eigenvalue weighted by atomic mass is 10.2. The molecule has 0 amide bonds.